The van der Waals surface area contributed by atoms with Gasteiger partial charge in [0, 0.05) is 6.04 Å². The second-order valence-corrected chi connectivity index (χ2v) is 6.05. The van der Waals surface area contributed by atoms with Gasteiger partial charge in [-0.25, -0.2) is 0 Å². The van der Waals surface area contributed by atoms with E-state index in [-0.39, 0.29) is 0 Å². The minimum atomic E-state index is 0.648. The van der Waals surface area contributed by atoms with E-state index in [2.05, 4.69) is 30.7 Å². The summed E-state index contributed by atoms with van der Waals surface area (Å²) in [4.78, 5) is 0. The quantitative estimate of drug-likeness (QED) is 0.831. The van der Waals surface area contributed by atoms with E-state index in [1.807, 2.05) is 0 Å². The molecule has 1 aromatic rings. The third-order valence-electron chi connectivity index (χ3n) is 3.65. The van der Waals surface area contributed by atoms with Gasteiger partial charge in [-0.2, -0.15) is 0 Å². The molecule has 1 saturated carbocycles. The molecule has 0 bridgehead atoms. The fourth-order valence-electron chi connectivity index (χ4n) is 2.59. The van der Waals surface area contributed by atoms with Crippen molar-refractivity contribution in [2.45, 2.75) is 38.1 Å². The highest BCUT2D eigenvalue weighted by Gasteiger charge is 2.29. The number of hydrogen-bond acceptors (Lipinski definition) is 2. The number of rotatable bonds is 2. The largest absolute Gasteiger partial charge is 0.317 e. The summed E-state index contributed by atoms with van der Waals surface area (Å²) < 4.78 is 0.989. The lowest BCUT2D eigenvalue weighted by atomic mass is 9.75. The van der Waals surface area contributed by atoms with Crippen LogP contribution in [0.2, 0.25) is 4.34 Å². The number of thiophene rings is 1. The van der Waals surface area contributed by atoms with Crippen LogP contribution in [0.4, 0.5) is 0 Å². The Morgan fingerprint density at radius 3 is 2.87 bits per heavy atom. The maximum absolute atomic E-state index is 6.23. The summed E-state index contributed by atoms with van der Waals surface area (Å²) in [6, 6.07) is 2.87. The van der Waals surface area contributed by atoms with Crippen LogP contribution in [0.5, 0.6) is 0 Å². The molecule has 84 valence electrons. The van der Waals surface area contributed by atoms with Gasteiger partial charge in [0.1, 0.15) is 0 Å². The zero-order valence-electron chi connectivity index (χ0n) is 9.29. The molecule has 3 heteroatoms. The highest BCUT2D eigenvalue weighted by atomic mass is 35.5. The van der Waals surface area contributed by atoms with Crippen LogP contribution in [0.1, 0.15) is 37.7 Å². The molecule has 1 N–H and O–H groups in total. The van der Waals surface area contributed by atoms with E-state index < -0.39 is 0 Å². The first-order chi connectivity index (χ1) is 7.22. The van der Waals surface area contributed by atoms with Crippen LogP contribution in [-0.4, -0.2) is 13.1 Å². The molecule has 1 fully saturated rings. The molecule has 1 nitrogen and oxygen atoms in total. The summed E-state index contributed by atoms with van der Waals surface area (Å²) in [6.07, 6.45) is 3.84. The van der Waals surface area contributed by atoms with Crippen LogP contribution in [0.25, 0.3) is 0 Å². The number of hydrogen-bond donors (Lipinski definition) is 1. The van der Waals surface area contributed by atoms with E-state index in [1.54, 1.807) is 11.3 Å². The lowest BCUT2D eigenvalue weighted by molar-refractivity contribution is 0.277. The van der Waals surface area contributed by atoms with E-state index in [1.165, 1.54) is 24.8 Å². The summed E-state index contributed by atoms with van der Waals surface area (Å²) >= 11 is 7.88. The van der Waals surface area contributed by atoms with Crippen LogP contribution in [0, 0.1) is 5.92 Å². The predicted molar refractivity (Wildman–Crippen MR) is 67.9 cm³/mol. The van der Waals surface area contributed by atoms with Crippen molar-refractivity contribution in [2.24, 2.45) is 5.92 Å². The van der Waals surface area contributed by atoms with Gasteiger partial charge in [0.05, 0.1) is 4.34 Å². The summed E-state index contributed by atoms with van der Waals surface area (Å²) in [5.41, 5.74) is 1.37. The molecule has 0 aliphatic heterocycles. The van der Waals surface area contributed by atoms with E-state index in [0.29, 0.717) is 12.0 Å². The normalized spacial score (nSPS) is 31.8. The SMILES string of the molecule is CNC1CCC(C)C(c2ccsc2Cl)C1. The van der Waals surface area contributed by atoms with Crippen molar-refractivity contribution in [3.05, 3.63) is 21.3 Å². The van der Waals surface area contributed by atoms with E-state index in [9.17, 15) is 0 Å². The predicted octanol–water partition coefficient (Wildman–Crippen LogP) is 3.89. The summed E-state index contributed by atoms with van der Waals surface area (Å²) in [7, 11) is 2.06. The smallest absolute Gasteiger partial charge is 0.0963 e. The molecule has 1 aromatic heterocycles. The Labute approximate surface area is 101 Å². The first-order valence-corrected chi connectivity index (χ1v) is 6.88. The van der Waals surface area contributed by atoms with Crippen molar-refractivity contribution < 1.29 is 0 Å². The molecule has 3 unspecified atom stereocenters. The third kappa shape index (κ3) is 2.38. The Kier molecular flexibility index (Phi) is 3.70. The molecule has 2 rings (SSSR count). The van der Waals surface area contributed by atoms with Gasteiger partial charge in [0.25, 0.3) is 0 Å². The lowest BCUT2D eigenvalue weighted by Gasteiger charge is -2.34. The van der Waals surface area contributed by atoms with Crippen molar-refractivity contribution in [1.82, 2.24) is 5.32 Å². The van der Waals surface area contributed by atoms with Gasteiger partial charge in [-0.15, -0.1) is 11.3 Å². The molecule has 0 saturated heterocycles. The fourth-order valence-corrected chi connectivity index (χ4v) is 3.63. The van der Waals surface area contributed by atoms with E-state index >= 15 is 0 Å². The second-order valence-electron chi connectivity index (χ2n) is 4.53. The van der Waals surface area contributed by atoms with Gasteiger partial charge in [-0.1, -0.05) is 18.5 Å². The maximum atomic E-state index is 6.23. The minimum absolute atomic E-state index is 0.648. The van der Waals surface area contributed by atoms with Crippen LogP contribution in [-0.2, 0) is 0 Å². The zero-order chi connectivity index (χ0) is 10.8. The number of nitrogens with one attached hydrogen (secondary N) is 1. The van der Waals surface area contributed by atoms with Crippen LogP contribution >= 0.6 is 22.9 Å². The Bertz CT molecular complexity index is 323. The second kappa shape index (κ2) is 4.86. The molecule has 1 aliphatic carbocycles. The first-order valence-electron chi connectivity index (χ1n) is 5.62. The van der Waals surface area contributed by atoms with Crippen molar-refractivity contribution in [2.75, 3.05) is 7.05 Å². The highest BCUT2D eigenvalue weighted by Crippen LogP contribution is 2.41. The van der Waals surface area contributed by atoms with Gasteiger partial charge < -0.3 is 5.32 Å². The Morgan fingerprint density at radius 1 is 1.47 bits per heavy atom. The van der Waals surface area contributed by atoms with Gasteiger partial charge in [-0.05, 0) is 55.2 Å². The Morgan fingerprint density at radius 2 is 2.27 bits per heavy atom. The van der Waals surface area contributed by atoms with Crippen LogP contribution < -0.4 is 5.32 Å². The minimum Gasteiger partial charge on any atom is -0.317 e. The van der Waals surface area contributed by atoms with Gasteiger partial charge in [-0.3, -0.25) is 0 Å². The van der Waals surface area contributed by atoms with Crippen LogP contribution in [0.3, 0.4) is 0 Å². The maximum Gasteiger partial charge on any atom is 0.0963 e. The average Bonchev–Trinajstić information content (AvgIpc) is 2.65. The molecule has 0 aromatic carbocycles. The van der Waals surface area contributed by atoms with Crippen molar-refractivity contribution in [3.63, 3.8) is 0 Å². The summed E-state index contributed by atoms with van der Waals surface area (Å²) in [6.45, 7) is 2.35. The molecule has 1 aliphatic rings. The zero-order valence-corrected chi connectivity index (χ0v) is 10.9. The standard InChI is InChI=1S/C12H18ClNS/c1-8-3-4-9(14-2)7-11(8)10-5-6-15-12(10)13/h5-6,8-9,11,14H,3-4,7H2,1-2H3. The van der Waals surface area contributed by atoms with Gasteiger partial charge in [0.2, 0.25) is 0 Å². The highest BCUT2D eigenvalue weighted by molar-refractivity contribution is 7.14. The van der Waals surface area contributed by atoms with E-state index in [4.69, 9.17) is 11.6 Å². The summed E-state index contributed by atoms with van der Waals surface area (Å²) in [5, 5.41) is 5.50. The average molecular weight is 244 g/mol. The van der Waals surface area contributed by atoms with E-state index in [0.717, 1.165) is 10.3 Å². The molecule has 3 atom stereocenters. The summed E-state index contributed by atoms with van der Waals surface area (Å²) in [5.74, 6) is 1.41. The van der Waals surface area contributed by atoms with Crippen molar-refractivity contribution >= 4 is 22.9 Å². The van der Waals surface area contributed by atoms with Crippen molar-refractivity contribution in [1.29, 1.82) is 0 Å². The van der Waals surface area contributed by atoms with Gasteiger partial charge in [0.15, 0.2) is 0 Å². The molecular formula is C12H18ClNS. The molecule has 0 radical (unpaired) electrons. The Balaban J connectivity index is 2.16. The third-order valence-corrected chi connectivity index (χ3v) is 4.85. The molecular weight excluding hydrogens is 226 g/mol. The molecule has 15 heavy (non-hydrogen) atoms. The monoisotopic (exact) mass is 243 g/mol. The first kappa shape index (κ1) is 11.4. The molecule has 0 amide bonds. The molecule has 1 heterocycles. The van der Waals surface area contributed by atoms with Crippen molar-refractivity contribution in [3.8, 4) is 0 Å². The lowest BCUT2D eigenvalue weighted by Crippen LogP contribution is -2.33. The number of halogens is 1. The Hall–Kier alpha value is -0.0500. The molecule has 0 spiro atoms. The van der Waals surface area contributed by atoms with Gasteiger partial charge >= 0.3 is 0 Å². The topological polar surface area (TPSA) is 12.0 Å². The van der Waals surface area contributed by atoms with Crippen LogP contribution in [0.15, 0.2) is 11.4 Å². The fraction of sp³-hybridized carbons (Fsp3) is 0.667.